The third kappa shape index (κ3) is 5.10. The van der Waals surface area contributed by atoms with Gasteiger partial charge in [0.2, 0.25) is 0 Å². The Bertz CT molecular complexity index is 712. The van der Waals surface area contributed by atoms with Crippen molar-refractivity contribution >= 4 is 30.3 Å². The predicted octanol–water partition coefficient (Wildman–Crippen LogP) is 1.96. The van der Waals surface area contributed by atoms with Crippen molar-refractivity contribution in [1.82, 2.24) is 0 Å². The monoisotopic (exact) mass is 344 g/mol. The first-order valence-corrected chi connectivity index (χ1v) is 8.28. The van der Waals surface area contributed by atoms with E-state index in [4.69, 9.17) is 4.65 Å². The van der Waals surface area contributed by atoms with Crippen molar-refractivity contribution < 1.29 is 28.9 Å². The number of para-hydroxylation sites is 1. The lowest BCUT2D eigenvalue weighted by Gasteiger charge is -2.28. The largest absolute Gasteiger partial charge is 0.535 e. The molecule has 132 valence electrons. The standard InChI is InChI=1S/C18H21BO6/c1-11(20)8-15(22)6-7-16(23)10-14-9-13-4-3-5-17(12(2)21)18(13)25-19(14)24/h3-5,14,24H,6-10H2,1-2H3/t14-/m1/s1. The maximum absolute atomic E-state index is 12.1. The summed E-state index contributed by atoms with van der Waals surface area (Å²) in [7, 11) is -1.18. The van der Waals surface area contributed by atoms with Crippen molar-refractivity contribution in [1.29, 1.82) is 0 Å². The van der Waals surface area contributed by atoms with Gasteiger partial charge in [-0.05, 0) is 31.9 Å². The van der Waals surface area contributed by atoms with Crippen LogP contribution in [0.5, 0.6) is 5.75 Å². The molecule has 0 spiro atoms. The molecule has 0 unspecified atom stereocenters. The molecule has 1 aromatic carbocycles. The van der Waals surface area contributed by atoms with Crippen LogP contribution >= 0.6 is 0 Å². The minimum atomic E-state index is -1.18. The number of carbonyl (C=O) groups excluding carboxylic acids is 4. The molecule has 0 aromatic heterocycles. The maximum Gasteiger partial charge on any atom is 0.526 e. The van der Waals surface area contributed by atoms with Gasteiger partial charge in [0.25, 0.3) is 0 Å². The van der Waals surface area contributed by atoms with Crippen molar-refractivity contribution in [2.24, 2.45) is 0 Å². The summed E-state index contributed by atoms with van der Waals surface area (Å²) in [5, 5.41) is 10.2. The zero-order chi connectivity index (χ0) is 18.6. The second-order valence-electron chi connectivity index (χ2n) is 6.48. The van der Waals surface area contributed by atoms with Crippen LogP contribution in [-0.4, -0.2) is 35.3 Å². The molecule has 1 aliphatic heterocycles. The van der Waals surface area contributed by atoms with Crippen LogP contribution in [0, 0.1) is 0 Å². The third-order valence-corrected chi connectivity index (χ3v) is 4.22. The molecule has 6 nitrogen and oxygen atoms in total. The molecule has 1 aliphatic rings. The molecular formula is C18H21BO6. The van der Waals surface area contributed by atoms with E-state index in [9.17, 15) is 24.2 Å². The maximum atomic E-state index is 12.1. The van der Waals surface area contributed by atoms with E-state index in [1.165, 1.54) is 13.8 Å². The smallest absolute Gasteiger partial charge is 0.526 e. The van der Waals surface area contributed by atoms with Gasteiger partial charge in [-0.3, -0.25) is 19.2 Å². The summed E-state index contributed by atoms with van der Waals surface area (Å²) in [4.78, 5) is 46.1. The number of Topliss-reactive ketones (excluding diaryl/α,β-unsaturated/α-hetero) is 4. The molecule has 7 heteroatoms. The van der Waals surface area contributed by atoms with Crippen LogP contribution in [0.15, 0.2) is 18.2 Å². The summed E-state index contributed by atoms with van der Waals surface area (Å²) < 4.78 is 5.49. The average molecular weight is 344 g/mol. The highest BCUT2D eigenvalue weighted by atomic mass is 16.5. The van der Waals surface area contributed by atoms with Crippen LogP contribution in [0.3, 0.4) is 0 Å². The first kappa shape index (κ1) is 19.1. The second kappa shape index (κ2) is 8.20. The summed E-state index contributed by atoms with van der Waals surface area (Å²) in [5.41, 5.74) is 1.19. The van der Waals surface area contributed by atoms with Gasteiger partial charge in [0.05, 0.1) is 12.0 Å². The lowest BCUT2D eigenvalue weighted by molar-refractivity contribution is -0.128. The van der Waals surface area contributed by atoms with Crippen molar-refractivity contribution in [2.45, 2.75) is 51.8 Å². The molecule has 0 amide bonds. The molecule has 1 N–H and O–H groups in total. The van der Waals surface area contributed by atoms with Gasteiger partial charge in [-0.15, -0.1) is 0 Å². The topological polar surface area (TPSA) is 97.7 Å². The van der Waals surface area contributed by atoms with Gasteiger partial charge in [-0.2, -0.15) is 0 Å². The van der Waals surface area contributed by atoms with Gasteiger partial charge in [0, 0.05) is 25.1 Å². The number of fused-ring (bicyclic) bond motifs is 1. The summed E-state index contributed by atoms with van der Waals surface area (Å²) in [6.45, 7) is 2.77. The Hall–Kier alpha value is -2.28. The molecule has 0 radical (unpaired) electrons. The van der Waals surface area contributed by atoms with E-state index in [1.54, 1.807) is 12.1 Å². The van der Waals surface area contributed by atoms with Gasteiger partial charge >= 0.3 is 7.12 Å². The quantitative estimate of drug-likeness (QED) is 0.440. The number of hydrogen-bond donors (Lipinski definition) is 1. The van der Waals surface area contributed by atoms with Crippen LogP contribution in [-0.2, 0) is 20.8 Å². The van der Waals surface area contributed by atoms with Crippen LogP contribution in [0.25, 0.3) is 0 Å². The van der Waals surface area contributed by atoms with Crippen LogP contribution in [0.1, 0.15) is 55.5 Å². The number of hydrogen-bond acceptors (Lipinski definition) is 6. The number of rotatable bonds is 8. The lowest BCUT2D eigenvalue weighted by atomic mass is 9.64. The highest BCUT2D eigenvalue weighted by molar-refractivity contribution is 6.47. The number of carbonyl (C=O) groups is 4. The summed E-state index contributed by atoms with van der Waals surface area (Å²) in [6.07, 6.45) is 0.440. The van der Waals surface area contributed by atoms with E-state index in [1.807, 2.05) is 6.07 Å². The Kier molecular flexibility index (Phi) is 6.25. The Balaban J connectivity index is 1.97. The van der Waals surface area contributed by atoms with Gasteiger partial charge in [-0.25, -0.2) is 0 Å². The van der Waals surface area contributed by atoms with E-state index in [0.717, 1.165) is 5.56 Å². The molecule has 0 bridgehead atoms. The van der Waals surface area contributed by atoms with Crippen LogP contribution in [0.2, 0.25) is 5.82 Å². The summed E-state index contributed by atoms with van der Waals surface area (Å²) in [5.74, 6) is -0.824. The average Bonchev–Trinajstić information content (AvgIpc) is 2.52. The lowest BCUT2D eigenvalue weighted by Crippen LogP contribution is -2.35. The molecule has 0 aliphatic carbocycles. The zero-order valence-electron chi connectivity index (χ0n) is 14.4. The molecule has 1 atom stereocenters. The summed E-state index contributed by atoms with van der Waals surface area (Å²) in [6, 6.07) is 5.19. The van der Waals surface area contributed by atoms with Crippen molar-refractivity contribution in [3.8, 4) is 5.75 Å². The van der Waals surface area contributed by atoms with Crippen LogP contribution in [0.4, 0.5) is 0 Å². The van der Waals surface area contributed by atoms with Crippen molar-refractivity contribution in [3.05, 3.63) is 29.3 Å². The third-order valence-electron chi connectivity index (χ3n) is 4.22. The highest BCUT2D eigenvalue weighted by Gasteiger charge is 2.37. The zero-order valence-corrected chi connectivity index (χ0v) is 14.4. The predicted molar refractivity (Wildman–Crippen MR) is 91.7 cm³/mol. The molecule has 2 rings (SSSR count). The number of benzene rings is 1. The SMILES string of the molecule is CC(=O)CC(=O)CCC(=O)C[C@H]1Cc2cccc(C(C)=O)c2OB1O. The first-order chi connectivity index (χ1) is 11.8. The first-order valence-electron chi connectivity index (χ1n) is 8.28. The van der Waals surface area contributed by atoms with Crippen molar-refractivity contribution in [3.63, 3.8) is 0 Å². The fraction of sp³-hybridized carbons (Fsp3) is 0.444. The highest BCUT2D eigenvalue weighted by Crippen LogP contribution is 2.36. The van der Waals surface area contributed by atoms with E-state index in [-0.39, 0.29) is 48.8 Å². The van der Waals surface area contributed by atoms with Gasteiger partial charge < -0.3 is 9.68 Å². The molecule has 0 fully saturated rings. The minimum Gasteiger partial charge on any atom is -0.535 e. The molecule has 0 saturated carbocycles. The molecule has 0 saturated heterocycles. The Morgan fingerprint density at radius 3 is 2.48 bits per heavy atom. The second-order valence-corrected chi connectivity index (χ2v) is 6.48. The minimum absolute atomic E-state index is 0.0349. The molecule has 1 heterocycles. The Morgan fingerprint density at radius 2 is 1.84 bits per heavy atom. The van der Waals surface area contributed by atoms with Crippen LogP contribution < -0.4 is 4.65 Å². The molecule has 1 aromatic rings. The van der Waals surface area contributed by atoms with Gasteiger partial charge in [0.15, 0.2) is 5.78 Å². The molecule has 25 heavy (non-hydrogen) atoms. The van der Waals surface area contributed by atoms with E-state index in [2.05, 4.69) is 0 Å². The van der Waals surface area contributed by atoms with E-state index >= 15 is 0 Å². The van der Waals surface area contributed by atoms with E-state index < -0.39 is 12.9 Å². The van der Waals surface area contributed by atoms with Crippen molar-refractivity contribution in [2.75, 3.05) is 0 Å². The Labute approximate surface area is 146 Å². The Morgan fingerprint density at radius 1 is 1.16 bits per heavy atom. The van der Waals surface area contributed by atoms with Gasteiger partial charge in [-0.1, -0.05) is 12.1 Å². The normalized spacial score (nSPS) is 16.0. The van der Waals surface area contributed by atoms with Gasteiger partial charge in [0.1, 0.15) is 23.1 Å². The fourth-order valence-electron chi connectivity index (χ4n) is 2.97. The molecular weight excluding hydrogens is 323 g/mol. The number of ketones is 4. The van der Waals surface area contributed by atoms with E-state index in [0.29, 0.717) is 17.7 Å². The fourth-order valence-corrected chi connectivity index (χ4v) is 2.97. The summed E-state index contributed by atoms with van der Waals surface area (Å²) >= 11 is 0.